The number of fused-ring (bicyclic) bond motifs is 1. The van der Waals surface area contributed by atoms with Gasteiger partial charge in [0.1, 0.15) is 6.04 Å². The van der Waals surface area contributed by atoms with Crippen LogP contribution in [0.5, 0.6) is 11.5 Å². The predicted octanol–water partition coefficient (Wildman–Crippen LogP) is 2.43. The third kappa shape index (κ3) is 5.01. The Morgan fingerprint density at radius 2 is 1.89 bits per heavy atom. The summed E-state index contributed by atoms with van der Waals surface area (Å²) < 4.78 is 15.9. The van der Waals surface area contributed by atoms with Gasteiger partial charge in [0.25, 0.3) is 5.91 Å². The molecule has 2 aromatic carbocycles. The van der Waals surface area contributed by atoms with Crippen molar-refractivity contribution in [3.8, 4) is 11.5 Å². The minimum absolute atomic E-state index is 0.136. The highest BCUT2D eigenvalue weighted by Crippen LogP contribution is 2.32. The highest BCUT2D eigenvalue weighted by Gasteiger charge is 2.24. The third-order valence-corrected chi connectivity index (χ3v) is 4.27. The molecule has 1 aliphatic rings. The minimum Gasteiger partial charge on any atom is -0.454 e. The number of hydrogen-bond donors (Lipinski definition) is 2. The summed E-state index contributed by atoms with van der Waals surface area (Å²) in [5.74, 6) is 0.487. The molecule has 148 valence electrons. The highest BCUT2D eigenvalue weighted by molar-refractivity contribution is 5.98. The van der Waals surface area contributed by atoms with Gasteiger partial charge in [-0.3, -0.25) is 9.59 Å². The van der Waals surface area contributed by atoms with Crippen LogP contribution in [0.25, 0.3) is 0 Å². The number of carbonyl (C=O) groups excluding carboxylic acids is 2. The molecule has 2 aromatic rings. The van der Waals surface area contributed by atoms with Crippen molar-refractivity contribution in [3.05, 3.63) is 59.7 Å². The van der Waals surface area contributed by atoms with Gasteiger partial charge >= 0.3 is 0 Å². The van der Waals surface area contributed by atoms with Crippen LogP contribution in [0.3, 0.4) is 0 Å². The largest absolute Gasteiger partial charge is 0.454 e. The first kappa shape index (κ1) is 19.7. The van der Waals surface area contributed by atoms with E-state index in [0.29, 0.717) is 48.8 Å². The highest BCUT2D eigenvalue weighted by atomic mass is 16.7. The first-order valence-electron chi connectivity index (χ1n) is 9.30. The van der Waals surface area contributed by atoms with Crippen LogP contribution in [0.4, 0.5) is 0 Å². The van der Waals surface area contributed by atoms with Crippen molar-refractivity contribution in [2.45, 2.75) is 19.4 Å². The van der Waals surface area contributed by atoms with Crippen molar-refractivity contribution in [1.82, 2.24) is 10.6 Å². The molecule has 0 saturated heterocycles. The van der Waals surface area contributed by atoms with E-state index in [-0.39, 0.29) is 18.6 Å². The zero-order valence-corrected chi connectivity index (χ0v) is 15.8. The van der Waals surface area contributed by atoms with Gasteiger partial charge in [-0.15, -0.1) is 0 Å². The Hall–Kier alpha value is -3.06. The van der Waals surface area contributed by atoms with E-state index < -0.39 is 6.04 Å². The lowest BCUT2D eigenvalue weighted by molar-refractivity contribution is -0.123. The number of hydrogen-bond acceptors (Lipinski definition) is 5. The van der Waals surface area contributed by atoms with E-state index in [1.54, 1.807) is 18.2 Å². The molecule has 2 N–H and O–H groups in total. The maximum absolute atomic E-state index is 12.7. The van der Waals surface area contributed by atoms with Gasteiger partial charge in [-0.05, 0) is 37.1 Å². The summed E-state index contributed by atoms with van der Waals surface area (Å²) in [6.45, 7) is 3.76. The second-order valence-electron chi connectivity index (χ2n) is 6.23. The summed E-state index contributed by atoms with van der Waals surface area (Å²) in [5.41, 5.74) is 1.10. The maximum Gasteiger partial charge on any atom is 0.252 e. The average Bonchev–Trinajstić information content (AvgIpc) is 3.20. The molecule has 0 saturated carbocycles. The summed E-state index contributed by atoms with van der Waals surface area (Å²) >= 11 is 0. The molecule has 0 aliphatic carbocycles. The molecule has 7 nitrogen and oxygen atoms in total. The molecule has 0 radical (unpaired) electrons. The Bertz CT molecular complexity index is 810. The molecule has 0 bridgehead atoms. The van der Waals surface area contributed by atoms with Crippen molar-refractivity contribution >= 4 is 11.8 Å². The van der Waals surface area contributed by atoms with E-state index in [1.165, 1.54) is 0 Å². The Kier molecular flexibility index (Phi) is 6.86. The Morgan fingerprint density at radius 3 is 2.68 bits per heavy atom. The lowest BCUT2D eigenvalue weighted by Gasteiger charge is -2.19. The first-order valence-corrected chi connectivity index (χ1v) is 9.30. The van der Waals surface area contributed by atoms with Crippen LogP contribution >= 0.6 is 0 Å². The van der Waals surface area contributed by atoms with E-state index >= 15 is 0 Å². The van der Waals surface area contributed by atoms with E-state index in [0.717, 1.165) is 0 Å². The van der Waals surface area contributed by atoms with Crippen molar-refractivity contribution in [3.63, 3.8) is 0 Å². The molecule has 2 amide bonds. The van der Waals surface area contributed by atoms with Crippen LogP contribution in [-0.4, -0.2) is 38.4 Å². The zero-order chi connectivity index (χ0) is 19.8. The summed E-state index contributed by atoms with van der Waals surface area (Å²) in [5, 5.41) is 5.67. The zero-order valence-electron chi connectivity index (χ0n) is 15.8. The van der Waals surface area contributed by atoms with Crippen LogP contribution < -0.4 is 20.1 Å². The SMILES string of the molecule is CCOCCCNC(=O)[C@H](NC(=O)c1ccc2c(c1)OCO2)c1ccccc1. The molecule has 28 heavy (non-hydrogen) atoms. The smallest absolute Gasteiger partial charge is 0.252 e. The Labute approximate surface area is 164 Å². The summed E-state index contributed by atoms with van der Waals surface area (Å²) in [6.07, 6.45) is 0.706. The maximum atomic E-state index is 12.7. The fourth-order valence-corrected chi connectivity index (χ4v) is 2.83. The molecular weight excluding hydrogens is 360 g/mol. The van der Waals surface area contributed by atoms with Gasteiger partial charge in [-0.25, -0.2) is 0 Å². The standard InChI is InChI=1S/C21H24N2O5/c1-2-26-12-6-11-22-21(25)19(15-7-4-3-5-8-15)23-20(24)16-9-10-17-18(13-16)28-14-27-17/h3-5,7-10,13,19H,2,6,11-12,14H2,1H3,(H,22,25)(H,23,24)/t19-/m1/s1. The van der Waals surface area contributed by atoms with Crippen LogP contribution in [0.15, 0.2) is 48.5 Å². The quantitative estimate of drug-likeness (QED) is 0.649. The molecular formula is C21H24N2O5. The van der Waals surface area contributed by atoms with E-state index in [2.05, 4.69) is 10.6 Å². The van der Waals surface area contributed by atoms with Crippen LogP contribution in [0.2, 0.25) is 0 Å². The fourth-order valence-electron chi connectivity index (χ4n) is 2.83. The predicted molar refractivity (Wildman–Crippen MR) is 103 cm³/mol. The molecule has 3 rings (SSSR count). The molecule has 0 aromatic heterocycles. The van der Waals surface area contributed by atoms with Crippen molar-refractivity contribution in [2.24, 2.45) is 0 Å². The molecule has 0 fully saturated rings. The number of amides is 2. The minimum atomic E-state index is -0.800. The normalized spacial score (nSPS) is 13.0. The van der Waals surface area contributed by atoms with Crippen molar-refractivity contribution in [1.29, 1.82) is 0 Å². The molecule has 0 unspecified atom stereocenters. The van der Waals surface area contributed by atoms with Crippen LogP contribution in [0, 0.1) is 0 Å². The molecule has 1 heterocycles. The van der Waals surface area contributed by atoms with Gasteiger partial charge < -0.3 is 24.8 Å². The Balaban J connectivity index is 1.68. The fraction of sp³-hybridized carbons (Fsp3) is 0.333. The van der Waals surface area contributed by atoms with Gasteiger partial charge in [0.05, 0.1) is 0 Å². The van der Waals surface area contributed by atoms with Gasteiger partial charge in [-0.2, -0.15) is 0 Å². The van der Waals surface area contributed by atoms with Gasteiger partial charge in [0, 0.05) is 25.3 Å². The van der Waals surface area contributed by atoms with E-state index in [1.807, 2.05) is 37.3 Å². The molecule has 0 spiro atoms. The second-order valence-corrected chi connectivity index (χ2v) is 6.23. The van der Waals surface area contributed by atoms with Gasteiger partial charge in [-0.1, -0.05) is 30.3 Å². The van der Waals surface area contributed by atoms with E-state index in [9.17, 15) is 9.59 Å². The molecule has 7 heteroatoms. The van der Waals surface area contributed by atoms with Crippen LogP contribution in [-0.2, 0) is 9.53 Å². The summed E-state index contributed by atoms with van der Waals surface area (Å²) in [6, 6.07) is 13.3. The number of nitrogens with one attached hydrogen (secondary N) is 2. The van der Waals surface area contributed by atoms with E-state index in [4.69, 9.17) is 14.2 Å². The van der Waals surface area contributed by atoms with Crippen LogP contribution in [0.1, 0.15) is 35.3 Å². The number of ether oxygens (including phenoxy) is 3. The van der Waals surface area contributed by atoms with Crippen molar-refractivity contribution < 1.29 is 23.8 Å². The summed E-state index contributed by atoms with van der Waals surface area (Å²) in [4.78, 5) is 25.5. The topological polar surface area (TPSA) is 85.9 Å². The third-order valence-electron chi connectivity index (χ3n) is 4.27. The van der Waals surface area contributed by atoms with Gasteiger partial charge in [0.15, 0.2) is 11.5 Å². The summed E-state index contributed by atoms with van der Waals surface area (Å²) in [7, 11) is 0. The van der Waals surface area contributed by atoms with Crippen molar-refractivity contribution in [2.75, 3.05) is 26.6 Å². The first-order chi connectivity index (χ1) is 13.7. The molecule has 1 aliphatic heterocycles. The number of carbonyl (C=O) groups is 2. The number of benzene rings is 2. The number of rotatable bonds is 9. The van der Waals surface area contributed by atoms with Gasteiger partial charge in [0.2, 0.25) is 12.7 Å². The lowest BCUT2D eigenvalue weighted by atomic mass is 10.1. The monoisotopic (exact) mass is 384 g/mol. The molecule has 1 atom stereocenters. The second kappa shape index (κ2) is 9.75. The average molecular weight is 384 g/mol. The lowest BCUT2D eigenvalue weighted by Crippen LogP contribution is -2.40. The Morgan fingerprint density at radius 1 is 1.11 bits per heavy atom.